The predicted octanol–water partition coefficient (Wildman–Crippen LogP) is 3.00. The molecule has 1 atom stereocenters. The van der Waals surface area contributed by atoms with Crippen molar-refractivity contribution in [3.05, 3.63) is 24.8 Å². The zero-order valence-corrected chi connectivity index (χ0v) is 18.8. The van der Waals surface area contributed by atoms with Crippen LogP contribution in [0.5, 0.6) is 0 Å². The molecule has 0 amide bonds. The molecular weight excluding hydrogens is 404 g/mol. The minimum atomic E-state index is -0.229. The first kappa shape index (κ1) is 22.4. The molecule has 2 aromatic heterocycles. The van der Waals surface area contributed by atoms with Gasteiger partial charge >= 0.3 is 0 Å². The van der Waals surface area contributed by atoms with E-state index in [1.807, 2.05) is 12.1 Å². The van der Waals surface area contributed by atoms with Gasteiger partial charge in [-0.15, -0.1) is 0 Å². The van der Waals surface area contributed by atoms with Crippen LogP contribution >= 0.6 is 0 Å². The maximum Gasteiger partial charge on any atom is 0.130 e. The van der Waals surface area contributed by atoms with E-state index in [-0.39, 0.29) is 5.41 Å². The Morgan fingerprint density at radius 1 is 1.03 bits per heavy atom. The van der Waals surface area contributed by atoms with E-state index < -0.39 is 0 Å². The van der Waals surface area contributed by atoms with Crippen LogP contribution < -0.4 is 16.0 Å². The van der Waals surface area contributed by atoms with Gasteiger partial charge in [0.05, 0.1) is 29.5 Å². The molecule has 2 heterocycles. The van der Waals surface area contributed by atoms with Gasteiger partial charge in [-0.2, -0.15) is 5.26 Å². The van der Waals surface area contributed by atoms with E-state index in [9.17, 15) is 5.26 Å². The van der Waals surface area contributed by atoms with Crippen molar-refractivity contribution in [2.45, 2.75) is 63.6 Å². The quantitative estimate of drug-likeness (QED) is 0.516. The number of hydrogen-bond donors (Lipinski definition) is 3. The van der Waals surface area contributed by atoms with Gasteiger partial charge in [0.15, 0.2) is 0 Å². The van der Waals surface area contributed by atoms with Crippen LogP contribution in [0.2, 0.25) is 0 Å². The lowest BCUT2D eigenvalue weighted by Gasteiger charge is -2.31. The molecule has 0 aromatic carbocycles. The Morgan fingerprint density at radius 2 is 1.66 bits per heavy atom. The fourth-order valence-electron chi connectivity index (χ4n) is 4.22. The van der Waals surface area contributed by atoms with Crippen molar-refractivity contribution in [1.29, 1.82) is 5.26 Å². The maximum atomic E-state index is 9.25. The SMILES string of the molecule is COC[C@H](C)NC1CCC(Nc2cc(-c3cc(NCC4(C#N)CC4)ncn3)ncn2)CC1. The number of nitriles is 1. The van der Waals surface area contributed by atoms with Crippen molar-refractivity contribution in [1.82, 2.24) is 25.3 Å². The average molecular weight is 437 g/mol. The summed E-state index contributed by atoms with van der Waals surface area (Å²) in [4.78, 5) is 17.5. The molecule has 0 saturated heterocycles. The molecule has 4 rings (SSSR count). The summed E-state index contributed by atoms with van der Waals surface area (Å²) in [7, 11) is 1.74. The van der Waals surface area contributed by atoms with Gasteiger partial charge in [-0.25, -0.2) is 19.9 Å². The first-order valence-electron chi connectivity index (χ1n) is 11.4. The third-order valence-corrected chi connectivity index (χ3v) is 6.31. The molecule has 3 N–H and O–H groups in total. The first-order chi connectivity index (χ1) is 15.6. The molecule has 0 bridgehead atoms. The molecule has 170 valence electrons. The molecule has 9 heteroatoms. The van der Waals surface area contributed by atoms with Gasteiger partial charge in [-0.3, -0.25) is 0 Å². The summed E-state index contributed by atoms with van der Waals surface area (Å²) in [5.74, 6) is 1.52. The Labute approximate surface area is 189 Å². The monoisotopic (exact) mass is 436 g/mol. The number of hydrogen-bond acceptors (Lipinski definition) is 9. The second-order valence-corrected chi connectivity index (χ2v) is 9.04. The summed E-state index contributed by atoms with van der Waals surface area (Å²) in [6.45, 7) is 3.51. The molecule has 9 nitrogen and oxygen atoms in total. The van der Waals surface area contributed by atoms with E-state index >= 15 is 0 Å². The summed E-state index contributed by atoms with van der Waals surface area (Å²) >= 11 is 0. The van der Waals surface area contributed by atoms with Gasteiger partial charge in [-0.05, 0) is 45.4 Å². The van der Waals surface area contributed by atoms with Gasteiger partial charge in [0.25, 0.3) is 0 Å². The van der Waals surface area contributed by atoms with Crippen molar-refractivity contribution < 1.29 is 4.74 Å². The number of rotatable bonds is 10. The highest BCUT2D eigenvalue weighted by Gasteiger charge is 2.42. The lowest BCUT2D eigenvalue weighted by molar-refractivity contribution is 0.161. The van der Waals surface area contributed by atoms with Gasteiger partial charge in [0.1, 0.15) is 24.3 Å². The number of anilines is 2. The molecule has 2 aliphatic rings. The molecule has 2 fully saturated rings. The lowest BCUT2D eigenvalue weighted by atomic mass is 9.90. The van der Waals surface area contributed by atoms with E-state index in [1.165, 1.54) is 6.33 Å². The van der Waals surface area contributed by atoms with Crippen LogP contribution in [-0.2, 0) is 4.74 Å². The highest BCUT2D eigenvalue weighted by molar-refractivity contribution is 5.61. The van der Waals surface area contributed by atoms with E-state index in [0.717, 1.165) is 62.3 Å². The van der Waals surface area contributed by atoms with Crippen LogP contribution in [0.15, 0.2) is 24.8 Å². The number of aromatic nitrogens is 4. The van der Waals surface area contributed by atoms with Crippen molar-refractivity contribution >= 4 is 11.6 Å². The van der Waals surface area contributed by atoms with E-state index in [4.69, 9.17) is 4.74 Å². The number of methoxy groups -OCH3 is 1. The topological polar surface area (TPSA) is 121 Å². The molecule has 2 aromatic rings. The van der Waals surface area contributed by atoms with E-state index in [0.29, 0.717) is 30.5 Å². The van der Waals surface area contributed by atoms with Crippen LogP contribution in [0.4, 0.5) is 11.6 Å². The third-order valence-electron chi connectivity index (χ3n) is 6.31. The van der Waals surface area contributed by atoms with Crippen molar-refractivity contribution in [2.75, 3.05) is 30.9 Å². The Kier molecular flexibility index (Phi) is 7.12. The Morgan fingerprint density at radius 3 is 2.28 bits per heavy atom. The highest BCUT2D eigenvalue weighted by atomic mass is 16.5. The molecule has 32 heavy (non-hydrogen) atoms. The normalized spacial score (nSPS) is 22.5. The lowest BCUT2D eigenvalue weighted by Crippen LogP contribution is -2.42. The fourth-order valence-corrected chi connectivity index (χ4v) is 4.22. The Balaban J connectivity index is 1.32. The second-order valence-electron chi connectivity index (χ2n) is 9.04. The number of nitrogens with one attached hydrogen (secondary N) is 3. The summed E-state index contributed by atoms with van der Waals surface area (Å²) in [6, 6.07) is 7.52. The summed E-state index contributed by atoms with van der Waals surface area (Å²) in [5, 5.41) is 19.7. The number of nitrogens with zero attached hydrogens (tertiary/aromatic N) is 5. The minimum Gasteiger partial charge on any atom is -0.383 e. The third kappa shape index (κ3) is 5.90. The molecular formula is C23H32N8O. The number of ether oxygens (including phenoxy) is 1. The molecule has 0 radical (unpaired) electrons. The molecule has 2 saturated carbocycles. The van der Waals surface area contributed by atoms with Gasteiger partial charge in [-0.1, -0.05) is 0 Å². The van der Waals surface area contributed by atoms with Crippen molar-refractivity contribution in [3.8, 4) is 17.5 Å². The average Bonchev–Trinajstić information content (AvgIpc) is 3.60. The highest BCUT2D eigenvalue weighted by Crippen LogP contribution is 2.44. The van der Waals surface area contributed by atoms with Gasteiger partial charge in [0.2, 0.25) is 0 Å². The van der Waals surface area contributed by atoms with Crippen LogP contribution in [0.25, 0.3) is 11.4 Å². The van der Waals surface area contributed by atoms with Crippen LogP contribution in [-0.4, -0.2) is 58.3 Å². The molecule has 0 aliphatic heterocycles. The Bertz CT molecular complexity index is 934. The largest absolute Gasteiger partial charge is 0.383 e. The standard InChI is InChI=1S/C23H32N8O/c1-16(11-32-2)30-17-3-5-18(6-4-17)31-22-10-20(27-15-29-22)19-9-21(28-14-26-19)25-13-23(12-24)7-8-23/h9-10,14-18,30H,3-8,11,13H2,1-2H3,(H,25,26,28)(H,27,29,31)/t16-,17?,18?/m0/s1. The summed E-state index contributed by atoms with van der Waals surface area (Å²) in [6.07, 6.45) is 9.44. The van der Waals surface area contributed by atoms with Crippen molar-refractivity contribution in [2.24, 2.45) is 5.41 Å². The Hall–Kier alpha value is -2.83. The first-order valence-corrected chi connectivity index (χ1v) is 11.4. The maximum absolute atomic E-state index is 9.25. The van der Waals surface area contributed by atoms with Crippen LogP contribution in [0.3, 0.4) is 0 Å². The van der Waals surface area contributed by atoms with E-state index in [1.54, 1.807) is 13.4 Å². The zero-order chi connectivity index (χ0) is 22.4. The van der Waals surface area contributed by atoms with Crippen LogP contribution in [0.1, 0.15) is 45.4 Å². The summed E-state index contributed by atoms with van der Waals surface area (Å²) < 4.78 is 5.22. The molecule has 0 unspecified atom stereocenters. The second kappa shape index (κ2) is 10.2. The van der Waals surface area contributed by atoms with Gasteiger partial charge in [0, 0.05) is 43.9 Å². The minimum absolute atomic E-state index is 0.229. The molecule has 2 aliphatic carbocycles. The molecule has 0 spiro atoms. The van der Waals surface area contributed by atoms with Crippen molar-refractivity contribution in [3.63, 3.8) is 0 Å². The van der Waals surface area contributed by atoms with E-state index in [2.05, 4.69) is 48.9 Å². The van der Waals surface area contributed by atoms with Crippen LogP contribution in [0, 0.1) is 16.7 Å². The smallest absolute Gasteiger partial charge is 0.130 e. The predicted molar refractivity (Wildman–Crippen MR) is 123 cm³/mol. The van der Waals surface area contributed by atoms with Gasteiger partial charge < -0.3 is 20.7 Å². The fraction of sp³-hybridized carbons (Fsp3) is 0.609. The zero-order valence-electron chi connectivity index (χ0n) is 18.8. The summed E-state index contributed by atoms with van der Waals surface area (Å²) in [5.41, 5.74) is 1.25.